The van der Waals surface area contributed by atoms with Gasteiger partial charge in [-0.2, -0.15) is 0 Å². The van der Waals surface area contributed by atoms with E-state index in [1.165, 1.54) is 43.9 Å². The van der Waals surface area contributed by atoms with Crippen molar-refractivity contribution in [2.75, 3.05) is 19.6 Å². The Morgan fingerprint density at radius 3 is 3.27 bits per heavy atom. The quantitative estimate of drug-likeness (QED) is 0.698. The van der Waals surface area contributed by atoms with Crippen LogP contribution in [0.15, 0.2) is 17.5 Å². The summed E-state index contributed by atoms with van der Waals surface area (Å²) in [6.45, 7) is 7.49. The predicted octanol–water partition coefficient (Wildman–Crippen LogP) is -0.121. The lowest BCUT2D eigenvalue weighted by atomic mass is 10.2. The fraction of sp³-hybridized carbons (Fsp3) is 0.667. The van der Waals surface area contributed by atoms with Gasteiger partial charge in [-0.3, -0.25) is 0 Å². The van der Waals surface area contributed by atoms with Crippen LogP contribution in [-0.4, -0.2) is 25.7 Å². The summed E-state index contributed by atoms with van der Waals surface area (Å²) in [7, 11) is 0. The van der Waals surface area contributed by atoms with Gasteiger partial charge in [0.2, 0.25) is 0 Å². The maximum Gasteiger partial charge on any atom is 0.137 e. The van der Waals surface area contributed by atoms with E-state index in [-0.39, 0.29) is 0 Å². The molecule has 0 aromatic carbocycles. The Morgan fingerprint density at radius 1 is 1.60 bits per heavy atom. The number of nitrogens with two attached hydrogens (primary N) is 1. The van der Waals surface area contributed by atoms with Crippen molar-refractivity contribution in [2.24, 2.45) is 0 Å². The molecule has 1 aliphatic rings. The van der Waals surface area contributed by atoms with Crippen LogP contribution >= 0.6 is 11.3 Å². The zero-order valence-corrected chi connectivity index (χ0v) is 10.4. The molecule has 2 heterocycles. The third-order valence-corrected chi connectivity index (χ3v) is 4.36. The smallest absolute Gasteiger partial charge is 0.137 e. The van der Waals surface area contributed by atoms with Crippen molar-refractivity contribution >= 4 is 11.3 Å². The molecule has 2 nitrogen and oxygen atoms in total. The van der Waals surface area contributed by atoms with Crippen LogP contribution in [0.25, 0.3) is 0 Å². The van der Waals surface area contributed by atoms with Gasteiger partial charge in [0.25, 0.3) is 0 Å². The standard InChI is InChI=1S/C12H20N2S/c1-2-14-7-3-5-11(14)9-13-10-12-6-4-8-15-12/h4,6,8,11,13H,2-3,5,7,9-10H2,1H3/p+2/t11-/m1/s1. The van der Waals surface area contributed by atoms with Crippen molar-refractivity contribution < 1.29 is 10.2 Å². The minimum atomic E-state index is 0.912. The molecule has 2 atom stereocenters. The van der Waals surface area contributed by atoms with Crippen LogP contribution in [0.1, 0.15) is 24.6 Å². The van der Waals surface area contributed by atoms with Crippen LogP contribution < -0.4 is 10.2 Å². The molecule has 1 saturated heterocycles. The van der Waals surface area contributed by atoms with Gasteiger partial charge in [-0.15, -0.1) is 11.3 Å². The molecule has 0 aliphatic carbocycles. The van der Waals surface area contributed by atoms with Crippen LogP contribution in [-0.2, 0) is 6.54 Å². The molecule has 1 aromatic heterocycles. The van der Waals surface area contributed by atoms with Gasteiger partial charge in [-0.25, -0.2) is 0 Å². The average Bonchev–Trinajstić information content (AvgIpc) is 2.88. The molecule has 0 amide bonds. The summed E-state index contributed by atoms with van der Waals surface area (Å²) in [5, 5.41) is 4.65. The highest BCUT2D eigenvalue weighted by atomic mass is 32.1. The SMILES string of the molecule is CC[NH+]1CCC[C@@H]1C[NH2+]Cc1cccs1. The van der Waals surface area contributed by atoms with Crippen molar-refractivity contribution in [3.63, 3.8) is 0 Å². The van der Waals surface area contributed by atoms with E-state index < -0.39 is 0 Å². The Morgan fingerprint density at radius 2 is 2.53 bits per heavy atom. The van der Waals surface area contributed by atoms with Crippen LogP contribution in [0.3, 0.4) is 0 Å². The van der Waals surface area contributed by atoms with Gasteiger partial charge in [-0.05, 0) is 18.4 Å². The summed E-state index contributed by atoms with van der Waals surface area (Å²) < 4.78 is 0. The van der Waals surface area contributed by atoms with Crippen molar-refractivity contribution in [3.8, 4) is 0 Å². The lowest BCUT2D eigenvalue weighted by Crippen LogP contribution is -3.16. The second-order valence-electron chi connectivity index (χ2n) is 4.41. The molecule has 15 heavy (non-hydrogen) atoms. The van der Waals surface area contributed by atoms with Gasteiger partial charge in [0.05, 0.1) is 18.0 Å². The van der Waals surface area contributed by atoms with Gasteiger partial charge in [0, 0.05) is 12.8 Å². The molecular formula is C12H22N2S+2. The number of hydrogen-bond donors (Lipinski definition) is 2. The zero-order valence-electron chi connectivity index (χ0n) is 9.54. The number of likely N-dealkylation sites (N-methyl/N-ethyl adjacent to an activating group) is 1. The summed E-state index contributed by atoms with van der Waals surface area (Å²) in [4.78, 5) is 3.32. The lowest BCUT2D eigenvalue weighted by molar-refractivity contribution is -0.925. The van der Waals surface area contributed by atoms with Gasteiger partial charge in [0.15, 0.2) is 0 Å². The highest BCUT2D eigenvalue weighted by Crippen LogP contribution is 2.05. The monoisotopic (exact) mass is 226 g/mol. The highest BCUT2D eigenvalue weighted by molar-refractivity contribution is 7.09. The van der Waals surface area contributed by atoms with Gasteiger partial charge in [-0.1, -0.05) is 6.07 Å². The Balaban J connectivity index is 1.69. The molecule has 1 fully saturated rings. The Labute approximate surface area is 96.3 Å². The van der Waals surface area contributed by atoms with E-state index in [0.717, 1.165) is 6.04 Å². The number of likely N-dealkylation sites (tertiary alicyclic amines) is 1. The molecule has 1 aromatic rings. The molecule has 3 heteroatoms. The largest absolute Gasteiger partial charge is 0.337 e. The topological polar surface area (TPSA) is 21.1 Å². The van der Waals surface area contributed by atoms with Crippen molar-refractivity contribution in [1.82, 2.24) is 0 Å². The molecule has 0 saturated carbocycles. The third-order valence-electron chi connectivity index (χ3n) is 3.46. The van der Waals surface area contributed by atoms with Crippen LogP contribution in [0, 0.1) is 0 Å². The Hall–Kier alpha value is -0.380. The van der Waals surface area contributed by atoms with E-state index in [1.54, 1.807) is 0 Å². The predicted molar refractivity (Wildman–Crippen MR) is 64.2 cm³/mol. The number of thiophene rings is 1. The second kappa shape index (κ2) is 5.64. The molecule has 1 unspecified atom stereocenters. The van der Waals surface area contributed by atoms with Gasteiger partial charge < -0.3 is 10.2 Å². The molecule has 0 radical (unpaired) electrons. The Bertz CT molecular complexity index is 271. The number of nitrogens with one attached hydrogen (secondary N) is 1. The molecule has 0 spiro atoms. The minimum absolute atomic E-state index is 0.912. The molecular weight excluding hydrogens is 204 g/mol. The van der Waals surface area contributed by atoms with Gasteiger partial charge >= 0.3 is 0 Å². The maximum atomic E-state index is 2.48. The summed E-state index contributed by atoms with van der Waals surface area (Å²) in [5.41, 5.74) is 0. The minimum Gasteiger partial charge on any atom is -0.337 e. The summed E-state index contributed by atoms with van der Waals surface area (Å²) in [6.07, 6.45) is 2.87. The van der Waals surface area contributed by atoms with E-state index in [0.29, 0.717) is 0 Å². The first-order valence-corrected chi connectivity index (χ1v) is 6.96. The number of rotatable bonds is 5. The fourth-order valence-corrected chi connectivity index (χ4v) is 3.29. The number of hydrogen-bond acceptors (Lipinski definition) is 1. The van der Waals surface area contributed by atoms with Gasteiger partial charge in [0.1, 0.15) is 19.1 Å². The first-order valence-electron chi connectivity index (χ1n) is 6.08. The Kier molecular flexibility index (Phi) is 4.18. The average molecular weight is 226 g/mol. The molecule has 3 N–H and O–H groups in total. The molecule has 2 rings (SSSR count). The zero-order chi connectivity index (χ0) is 10.5. The molecule has 1 aliphatic heterocycles. The van der Waals surface area contributed by atoms with Crippen molar-refractivity contribution in [2.45, 2.75) is 32.4 Å². The first kappa shape index (κ1) is 11.1. The number of quaternary nitrogens is 2. The van der Waals surface area contributed by atoms with Crippen LogP contribution in [0.4, 0.5) is 0 Å². The van der Waals surface area contributed by atoms with Crippen molar-refractivity contribution in [1.29, 1.82) is 0 Å². The normalized spacial score (nSPS) is 25.9. The lowest BCUT2D eigenvalue weighted by Gasteiger charge is -2.18. The molecule has 0 bridgehead atoms. The van der Waals surface area contributed by atoms with E-state index in [1.807, 2.05) is 16.2 Å². The van der Waals surface area contributed by atoms with E-state index in [9.17, 15) is 0 Å². The van der Waals surface area contributed by atoms with Crippen molar-refractivity contribution in [3.05, 3.63) is 22.4 Å². The van der Waals surface area contributed by atoms with Crippen LogP contribution in [0.5, 0.6) is 0 Å². The summed E-state index contributed by atoms with van der Waals surface area (Å²) in [5.74, 6) is 0. The van der Waals surface area contributed by atoms with E-state index in [2.05, 4.69) is 29.8 Å². The van der Waals surface area contributed by atoms with Crippen LogP contribution in [0.2, 0.25) is 0 Å². The second-order valence-corrected chi connectivity index (χ2v) is 5.44. The fourth-order valence-electron chi connectivity index (χ4n) is 2.59. The van der Waals surface area contributed by atoms with E-state index in [4.69, 9.17) is 0 Å². The maximum absolute atomic E-state index is 2.48. The summed E-state index contributed by atoms with van der Waals surface area (Å²) in [6, 6.07) is 5.29. The third kappa shape index (κ3) is 3.03. The van der Waals surface area contributed by atoms with E-state index >= 15 is 0 Å². The first-order chi connectivity index (χ1) is 7.40. The molecule has 84 valence electrons. The highest BCUT2D eigenvalue weighted by Gasteiger charge is 2.27. The summed E-state index contributed by atoms with van der Waals surface area (Å²) >= 11 is 1.87.